The number of rotatable bonds is 7. The van der Waals surface area contributed by atoms with Crippen molar-refractivity contribution in [2.24, 2.45) is 11.3 Å². The van der Waals surface area contributed by atoms with Crippen molar-refractivity contribution in [3.05, 3.63) is 34.3 Å². The molecule has 2 atom stereocenters. The first-order valence-corrected chi connectivity index (χ1v) is 8.57. The van der Waals surface area contributed by atoms with E-state index < -0.39 is 0 Å². The number of halogens is 1. The average molecular weight is 340 g/mol. The quantitative estimate of drug-likeness (QED) is 0.698. The summed E-state index contributed by atoms with van der Waals surface area (Å²) in [4.78, 5) is 0. The van der Waals surface area contributed by atoms with Gasteiger partial charge in [0.2, 0.25) is 0 Å². The highest BCUT2D eigenvalue weighted by Gasteiger charge is 2.19. The van der Waals surface area contributed by atoms with E-state index in [4.69, 9.17) is 0 Å². The Labute approximate surface area is 133 Å². The normalized spacial score (nSPS) is 15.1. The second-order valence-electron chi connectivity index (χ2n) is 7.19. The molecule has 0 aliphatic rings. The van der Waals surface area contributed by atoms with Crippen molar-refractivity contribution in [3.8, 4) is 0 Å². The summed E-state index contributed by atoms with van der Waals surface area (Å²) < 4.78 is 1.17. The van der Waals surface area contributed by atoms with Gasteiger partial charge in [-0.2, -0.15) is 0 Å². The maximum atomic E-state index is 3.65. The zero-order chi connectivity index (χ0) is 15.2. The topological polar surface area (TPSA) is 12.0 Å². The molecule has 2 heteroatoms. The van der Waals surface area contributed by atoms with Crippen LogP contribution in [0.4, 0.5) is 0 Å². The summed E-state index contributed by atoms with van der Waals surface area (Å²) in [6.07, 6.45) is 3.65. The van der Waals surface area contributed by atoms with E-state index in [-0.39, 0.29) is 0 Å². The molecule has 0 fully saturated rings. The van der Waals surface area contributed by atoms with E-state index in [0.29, 0.717) is 11.5 Å². The molecule has 0 heterocycles. The van der Waals surface area contributed by atoms with Crippen LogP contribution in [0.2, 0.25) is 0 Å². The molecule has 0 aliphatic carbocycles. The van der Waals surface area contributed by atoms with Gasteiger partial charge in [-0.15, -0.1) is 0 Å². The van der Waals surface area contributed by atoms with Gasteiger partial charge in [0.15, 0.2) is 0 Å². The zero-order valence-electron chi connectivity index (χ0n) is 13.7. The van der Waals surface area contributed by atoms with E-state index in [0.717, 1.165) is 18.9 Å². The van der Waals surface area contributed by atoms with E-state index in [1.165, 1.54) is 22.9 Å². The maximum absolute atomic E-state index is 3.65. The second kappa shape index (κ2) is 8.19. The molecule has 0 aliphatic heterocycles. The highest BCUT2D eigenvalue weighted by molar-refractivity contribution is 9.10. The number of likely N-dealkylation sites (N-methyl/N-ethyl adjacent to an activating group) is 1. The fourth-order valence-corrected chi connectivity index (χ4v) is 3.54. The van der Waals surface area contributed by atoms with Crippen molar-refractivity contribution < 1.29 is 0 Å². The van der Waals surface area contributed by atoms with Crippen LogP contribution in [0.1, 0.15) is 53.0 Å². The molecule has 0 spiro atoms. The summed E-state index contributed by atoms with van der Waals surface area (Å²) in [6, 6.07) is 9.25. The van der Waals surface area contributed by atoms with E-state index in [9.17, 15) is 0 Å². The first-order valence-electron chi connectivity index (χ1n) is 7.78. The van der Waals surface area contributed by atoms with Gasteiger partial charge in [-0.3, -0.25) is 0 Å². The smallest absolute Gasteiger partial charge is 0.0178 e. The minimum absolute atomic E-state index is 0.423. The molecule has 0 aromatic heterocycles. The molecule has 1 aromatic carbocycles. The first-order chi connectivity index (χ1) is 9.30. The number of nitrogens with one attached hydrogen (secondary N) is 1. The molecule has 20 heavy (non-hydrogen) atoms. The summed E-state index contributed by atoms with van der Waals surface area (Å²) in [5.41, 5.74) is 1.83. The van der Waals surface area contributed by atoms with Crippen molar-refractivity contribution in [2.75, 3.05) is 6.54 Å². The molecule has 1 aromatic rings. The molecule has 0 saturated heterocycles. The fourth-order valence-electron chi connectivity index (χ4n) is 3.09. The van der Waals surface area contributed by atoms with Gasteiger partial charge in [0.05, 0.1) is 0 Å². The third kappa shape index (κ3) is 7.44. The maximum Gasteiger partial charge on any atom is 0.0178 e. The summed E-state index contributed by atoms with van der Waals surface area (Å²) in [5, 5.41) is 3.65. The van der Waals surface area contributed by atoms with Crippen molar-refractivity contribution >= 4 is 15.9 Å². The predicted molar refractivity (Wildman–Crippen MR) is 93.2 cm³/mol. The summed E-state index contributed by atoms with van der Waals surface area (Å²) in [6.45, 7) is 12.6. The Kier molecular flexibility index (Phi) is 7.25. The lowest BCUT2D eigenvalue weighted by Gasteiger charge is -2.27. The number of hydrogen-bond donors (Lipinski definition) is 1. The van der Waals surface area contributed by atoms with Gasteiger partial charge in [-0.25, -0.2) is 0 Å². The Morgan fingerprint density at radius 2 is 1.95 bits per heavy atom. The Hall–Kier alpha value is -0.340. The summed E-state index contributed by atoms with van der Waals surface area (Å²) in [5.74, 6) is 0.756. The monoisotopic (exact) mass is 339 g/mol. The SMILES string of the molecule is CCNC(Cc1cccc(Br)c1)CC(C)CC(C)(C)C. The van der Waals surface area contributed by atoms with Crippen LogP contribution < -0.4 is 5.32 Å². The van der Waals surface area contributed by atoms with Crippen molar-refractivity contribution in [1.82, 2.24) is 5.32 Å². The van der Waals surface area contributed by atoms with E-state index in [2.05, 4.69) is 80.1 Å². The fraction of sp³-hybridized carbons (Fsp3) is 0.667. The van der Waals surface area contributed by atoms with Gasteiger partial charge in [0.25, 0.3) is 0 Å². The molecule has 0 saturated carbocycles. The molecule has 0 bridgehead atoms. The summed E-state index contributed by atoms with van der Waals surface area (Å²) in [7, 11) is 0. The van der Waals surface area contributed by atoms with E-state index in [1.807, 2.05) is 0 Å². The highest BCUT2D eigenvalue weighted by atomic mass is 79.9. The Bertz CT molecular complexity index is 395. The van der Waals surface area contributed by atoms with E-state index in [1.54, 1.807) is 0 Å². The summed E-state index contributed by atoms with van der Waals surface area (Å²) >= 11 is 3.56. The minimum Gasteiger partial charge on any atom is -0.314 e. The molecule has 0 radical (unpaired) electrons. The lowest BCUT2D eigenvalue weighted by atomic mass is 9.82. The standard InChI is InChI=1S/C18H30BrN/c1-6-20-17(10-14(2)13-18(3,4)5)12-15-8-7-9-16(19)11-15/h7-9,11,14,17,20H,6,10,12-13H2,1-5H3. The molecule has 0 amide bonds. The largest absolute Gasteiger partial charge is 0.314 e. The number of benzene rings is 1. The predicted octanol–water partition coefficient (Wildman–Crippen LogP) is 5.43. The van der Waals surface area contributed by atoms with Gasteiger partial charge in [-0.1, -0.05) is 62.7 Å². The van der Waals surface area contributed by atoms with Crippen molar-refractivity contribution in [1.29, 1.82) is 0 Å². The minimum atomic E-state index is 0.423. The molecular formula is C18H30BrN. The Balaban J connectivity index is 2.60. The molecule has 1 N–H and O–H groups in total. The van der Waals surface area contributed by atoms with Crippen LogP contribution in [0.3, 0.4) is 0 Å². The first kappa shape index (κ1) is 17.7. The van der Waals surface area contributed by atoms with Gasteiger partial charge in [-0.05, 0) is 54.8 Å². The Morgan fingerprint density at radius 3 is 2.50 bits per heavy atom. The second-order valence-corrected chi connectivity index (χ2v) is 8.11. The number of hydrogen-bond acceptors (Lipinski definition) is 1. The Morgan fingerprint density at radius 1 is 1.25 bits per heavy atom. The van der Waals surface area contributed by atoms with Gasteiger partial charge < -0.3 is 5.32 Å². The lowest BCUT2D eigenvalue weighted by Crippen LogP contribution is -2.33. The van der Waals surface area contributed by atoms with Crippen molar-refractivity contribution in [3.63, 3.8) is 0 Å². The molecule has 1 rings (SSSR count). The van der Waals surface area contributed by atoms with Crippen LogP contribution in [0.5, 0.6) is 0 Å². The third-order valence-corrected chi connectivity index (χ3v) is 4.00. The van der Waals surface area contributed by atoms with Crippen LogP contribution in [-0.4, -0.2) is 12.6 Å². The van der Waals surface area contributed by atoms with E-state index >= 15 is 0 Å². The lowest BCUT2D eigenvalue weighted by molar-refractivity contribution is 0.275. The van der Waals surface area contributed by atoms with Crippen LogP contribution in [0.15, 0.2) is 28.7 Å². The van der Waals surface area contributed by atoms with Crippen LogP contribution >= 0.6 is 15.9 Å². The van der Waals surface area contributed by atoms with Crippen LogP contribution in [0.25, 0.3) is 0 Å². The highest BCUT2D eigenvalue weighted by Crippen LogP contribution is 2.27. The average Bonchev–Trinajstić information content (AvgIpc) is 2.26. The van der Waals surface area contributed by atoms with Gasteiger partial charge in [0, 0.05) is 10.5 Å². The third-order valence-electron chi connectivity index (χ3n) is 3.51. The van der Waals surface area contributed by atoms with Crippen LogP contribution in [-0.2, 0) is 6.42 Å². The zero-order valence-corrected chi connectivity index (χ0v) is 15.3. The molecule has 1 nitrogen and oxygen atoms in total. The van der Waals surface area contributed by atoms with Gasteiger partial charge in [0.1, 0.15) is 0 Å². The van der Waals surface area contributed by atoms with Crippen molar-refractivity contribution in [2.45, 2.75) is 59.9 Å². The van der Waals surface area contributed by atoms with Crippen LogP contribution in [0, 0.1) is 11.3 Å². The molecule has 114 valence electrons. The molecule has 2 unspecified atom stereocenters. The molecular weight excluding hydrogens is 310 g/mol. The van der Waals surface area contributed by atoms with Gasteiger partial charge >= 0.3 is 0 Å².